The van der Waals surface area contributed by atoms with Crippen LogP contribution in [-0.2, 0) is 9.59 Å². The lowest BCUT2D eigenvalue weighted by Gasteiger charge is -2.25. The first-order valence-corrected chi connectivity index (χ1v) is 9.97. The van der Waals surface area contributed by atoms with Crippen LogP contribution in [0.3, 0.4) is 0 Å². The summed E-state index contributed by atoms with van der Waals surface area (Å²) in [7, 11) is 5.65. The molecule has 1 fully saturated rings. The number of methoxy groups -OCH3 is 1. The molecule has 158 valence electrons. The van der Waals surface area contributed by atoms with E-state index >= 15 is 0 Å². The Morgan fingerprint density at radius 1 is 1.20 bits per heavy atom. The Bertz CT molecular complexity index is 970. The Balaban J connectivity index is 2.09. The number of benzene rings is 1. The molecule has 30 heavy (non-hydrogen) atoms. The molecular formula is C23H28N3O4+. The van der Waals surface area contributed by atoms with Gasteiger partial charge in [-0.15, -0.1) is 0 Å². The van der Waals surface area contributed by atoms with Crippen molar-refractivity contribution in [2.75, 3.05) is 34.3 Å². The molecule has 1 aliphatic rings. The zero-order valence-electron chi connectivity index (χ0n) is 17.8. The van der Waals surface area contributed by atoms with E-state index in [1.54, 1.807) is 54.7 Å². The molecule has 1 unspecified atom stereocenters. The van der Waals surface area contributed by atoms with Crippen LogP contribution < -0.4 is 9.64 Å². The number of aryl methyl sites for hydroxylation is 1. The summed E-state index contributed by atoms with van der Waals surface area (Å²) >= 11 is 0. The Morgan fingerprint density at radius 2 is 1.90 bits per heavy atom. The standard InChI is InChI=1S/C23H27N3O4/c1-15-14-17(30-4)6-7-18(15)21(27)19-20(16-8-10-24-11-9-16)26(23(29)22(19)28)13-5-12-25(2)3/h6-11,14,20,27H,5,12-13H2,1-4H3/p+1. The number of aliphatic hydroxyl groups excluding tert-OH is 1. The summed E-state index contributed by atoms with van der Waals surface area (Å²) < 4.78 is 5.23. The highest BCUT2D eigenvalue weighted by Crippen LogP contribution is 2.39. The summed E-state index contributed by atoms with van der Waals surface area (Å²) in [4.78, 5) is 32.7. The number of aliphatic hydroxyl groups is 1. The Morgan fingerprint density at radius 3 is 2.50 bits per heavy atom. The first kappa shape index (κ1) is 21.5. The van der Waals surface area contributed by atoms with Gasteiger partial charge in [0.25, 0.3) is 11.7 Å². The number of pyridine rings is 1. The van der Waals surface area contributed by atoms with Gasteiger partial charge in [0, 0.05) is 30.9 Å². The molecule has 1 aromatic heterocycles. The van der Waals surface area contributed by atoms with Gasteiger partial charge in [0.1, 0.15) is 11.5 Å². The van der Waals surface area contributed by atoms with E-state index in [-0.39, 0.29) is 11.3 Å². The van der Waals surface area contributed by atoms with Crippen molar-refractivity contribution >= 4 is 17.4 Å². The van der Waals surface area contributed by atoms with Gasteiger partial charge in [-0.3, -0.25) is 14.6 Å². The first-order chi connectivity index (χ1) is 14.3. The Labute approximate surface area is 176 Å². The number of quaternary nitrogens is 1. The highest BCUT2D eigenvalue weighted by atomic mass is 16.5. The van der Waals surface area contributed by atoms with Crippen LogP contribution in [0.2, 0.25) is 0 Å². The van der Waals surface area contributed by atoms with Gasteiger partial charge >= 0.3 is 0 Å². The topological polar surface area (TPSA) is 84.2 Å². The number of nitrogens with one attached hydrogen (secondary N) is 1. The minimum atomic E-state index is -0.665. The number of aromatic nitrogens is 1. The van der Waals surface area contributed by atoms with E-state index in [2.05, 4.69) is 4.98 Å². The molecule has 0 radical (unpaired) electrons. The number of hydrogen-bond donors (Lipinski definition) is 2. The Kier molecular flexibility index (Phi) is 6.52. The van der Waals surface area contributed by atoms with Gasteiger partial charge in [-0.05, 0) is 48.4 Å². The lowest BCUT2D eigenvalue weighted by molar-refractivity contribution is -0.858. The van der Waals surface area contributed by atoms with Gasteiger partial charge in [-0.2, -0.15) is 0 Å². The second-order valence-corrected chi connectivity index (χ2v) is 7.76. The third-order valence-corrected chi connectivity index (χ3v) is 5.33. The van der Waals surface area contributed by atoms with E-state index < -0.39 is 17.7 Å². The van der Waals surface area contributed by atoms with Gasteiger partial charge in [0.05, 0.1) is 39.4 Å². The molecule has 1 saturated heterocycles. The van der Waals surface area contributed by atoms with Crippen LogP contribution in [-0.4, -0.2) is 61.0 Å². The molecule has 1 atom stereocenters. The monoisotopic (exact) mass is 410 g/mol. The van der Waals surface area contributed by atoms with Crippen molar-refractivity contribution in [1.29, 1.82) is 0 Å². The smallest absolute Gasteiger partial charge is 0.295 e. The quantitative estimate of drug-likeness (QED) is 0.409. The third-order valence-electron chi connectivity index (χ3n) is 5.33. The van der Waals surface area contributed by atoms with Crippen LogP contribution in [0.5, 0.6) is 5.75 Å². The van der Waals surface area contributed by atoms with E-state index in [1.807, 2.05) is 21.0 Å². The Hall–Kier alpha value is -3.19. The largest absolute Gasteiger partial charge is 0.507 e. The van der Waals surface area contributed by atoms with Crippen molar-refractivity contribution in [2.24, 2.45) is 0 Å². The molecule has 0 bridgehead atoms. The number of ether oxygens (including phenoxy) is 1. The number of carbonyl (C=O) groups is 2. The average molecular weight is 410 g/mol. The SMILES string of the molecule is COc1ccc(C(O)=C2C(=O)C(=O)N(CCC[NH+](C)C)C2c2ccncc2)c(C)c1. The maximum atomic E-state index is 13.0. The van der Waals surface area contributed by atoms with E-state index in [1.165, 1.54) is 4.90 Å². The zero-order chi connectivity index (χ0) is 21.8. The molecule has 2 aromatic rings. The summed E-state index contributed by atoms with van der Waals surface area (Å²) in [6.07, 6.45) is 3.99. The fourth-order valence-corrected chi connectivity index (χ4v) is 3.78. The minimum Gasteiger partial charge on any atom is -0.507 e. The van der Waals surface area contributed by atoms with Gasteiger partial charge in [0.2, 0.25) is 0 Å². The molecule has 2 N–H and O–H groups in total. The summed E-state index contributed by atoms with van der Waals surface area (Å²) in [5.74, 6) is -0.766. The molecule has 0 aliphatic carbocycles. The normalized spacial score (nSPS) is 18.3. The molecule has 7 nitrogen and oxygen atoms in total. The number of ketones is 1. The fourth-order valence-electron chi connectivity index (χ4n) is 3.78. The van der Waals surface area contributed by atoms with Gasteiger partial charge in [0.15, 0.2) is 0 Å². The maximum absolute atomic E-state index is 13.0. The molecule has 1 amide bonds. The number of Topliss-reactive ketones (excluding diaryl/α,β-unsaturated/α-hetero) is 1. The summed E-state index contributed by atoms with van der Waals surface area (Å²) in [5.41, 5.74) is 2.11. The predicted octanol–water partition coefficient (Wildman–Crippen LogP) is 1.35. The van der Waals surface area contributed by atoms with Crippen LogP contribution in [0.1, 0.15) is 29.2 Å². The van der Waals surface area contributed by atoms with Crippen LogP contribution in [0.25, 0.3) is 5.76 Å². The third kappa shape index (κ3) is 4.21. The van der Waals surface area contributed by atoms with Gasteiger partial charge < -0.3 is 19.6 Å². The number of amides is 1. The van der Waals surface area contributed by atoms with Crippen molar-refractivity contribution < 1.29 is 24.3 Å². The molecule has 1 aliphatic heterocycles. The molecular weight excluding hydrogens is 382 g/mol. The van der Waals surface area contributed by atoms with Crippen molar-refractivity contribution in [3.8, 4) is 5.75 Å². The lowest BCUT2D eigenvalue weighted by atomic mass is 9.94. The average Bonchev–Trinajstić information content (AvgIpc) is 2.98. The molecule has 1 aromatic carbocycles. The minimum absolute atomic E-state index is 0.108. The van der Waals surface area contributed by atoms with Crippen LogP contribution in [0.4, 0.5) is 0 Å². The highest BCUT2D eigenvalue weighted by Gasteiger charge is 2.45. The lowest BCUT2D eigenvalue weighted by Crippen LogP contribution is -3.05. The molecule has 0 saturated carbocycles. The number of hydrogen-bond acceptors (Lipinski definition) is 5. The number of likely N-dealkylation sites (tertiary alicyclic amines) is 1. The summed E-state index contributed by atoms with van der Waals surface area (Å²) in [6.45, 7) is 3.12. The first-order valence-electron chi connectivity index (χ1n) is 9.97. The van der Waals surface area contributed by atoms with Crippen molar-refractivity contribution in [3.63, 3.8) is 0 Å². The second kappa shape index (κ2) is 9.09. The van der Waals surface area contributed by atoms with E-state index in [0.29, 0.717) is 17.9 Å². The van der Waals surface area contributed by atoms with Crippen molar-refractivity contribution in [1.82, 2.24) is 9.88 Å². The van der Waals surface area contributed by atoms with E-state index in [0.717, 1.165) is 24.1 Å². The van der Waals surface area contributed by atoms with Crippen LogP contribution >= 0.6 is 0 Å². The zero-order valence-corrected chi connectivity index (χ0v) is 17.8. The predicted molar refractivity (Wildman–Crippen MR) is 113 cm³/mol. The van der Waals surface area contributed by atoms with E-state index in [4.69, 9.17) is 4.74 Å². The van der Waals surface area contributed by atoms with Gasteiger partial charge in [-0.1, -0.05) is 0 Å². The fraction of sp³-hybridized carbons (Fsp3) is 0.348. The van der Waals surface area contributed by atoms with Gasteiger partial charge in [-0.25, -0.2) is 0 Å². The molecule has 0 spiro atoms. The number of rotatable bonds is 7. The summed E-state index contributed by atoms with van der Waals surface area (Å²) in [5, 5.41) is 11.1. The number of nitrogens with zero attached hydrogens (tertiary/aromatic N) is 2. The van der Waals surface area contributed by atoms with Crippen molar-refractivity contribution in [2.45, 2.75) is 19.4 Å². The van der Waals surface area contributed by atoms with E-state index in [9.17, 15) is 14.7 Å². The number of carbonyl (C=O) groups excluding carboxylic acids is 2. The summed E-state index contributed by atoms with van der Waals surface area (Å²) in [6, 6.07) is 8.11. The second-order valence-electron chi connectivity index (χ2n) is 7.76. The van der Waals surface area contributed by atoms with Crippen LogP contribution in [0.15, 0.2) is 48.3 Å². The highest BCUT2D eigenvalue weighted by molar-refractivity contribution is 6.46. The molecule has 2 heterocycles. The molecule has 3 rings (SSSR count). The maximum Gasteiger partial charge on any atom is 0.295 e. The van der Waals surface area contributed by atoms with Crippen molar-refractivity contribution in [3.05, 3.63) is 65.0 Å². The van der Waals surface area contributed by atoms with Crippen LogP contribution in [0, 0.1) is 6.92 Å². The molecule has 7 heteroatoms.